The van der Waals surface area contributed by atoms with Crippen molar-refractivity contribution in [1.82, 2.24) is 45.1 Å². The molecule has 8 rings (SSSR count). The van der Waals surface area contributed by atoms with Crippen molar-refractivity contribution in [2.24, 2.45) is 0 Å². The summed E-state index contributed by atoms with van der Waals surface area (Å²) in [5.41, 5.74) is 3.58. The van der Waals surface area contributed by atoms with E-state index in [1.807, 2.05) is 16.6 Å². The van der Waals surface area contributed by atoms with E-state index < -0.39 is 0 Å². The fourth-order valence-electron chi connectivity index (χ4n) is 6.31. The lowest BCUT2D eigenvalue weighted by atomic mass is 10.1. The van der Waals surface area contributed by atoms with Crippen LogP contribution in [0.3, 0.4) is 0 Å². The molecule has 8 heterocycles. The Labute approximate surface area is 298 Å². The molecule has 0 spiro atoms. The molecule has 0 aromatic carbocycles. The van der Waals surface area contributed by atoms with Crippen molar-refractivity contribution >= 4 is 51.9 Å². The number of fused-ring (bicyclic) bond motifs is 2. The molecular formula is C33H49Cl3N10O2. The maximum atomic E-state index is 6.24. The van der Waals surface area contributed by atoms with E-state index >= 15 is 0 Å². The highest BCUT2D eigenvalue weighted by molar-refractivity contribution is 6.33. The van der Waals surface area contributed by atoms with E-state index in [0.29, 0.717) is 33.2 Å². The van der Waals surface area contributed by atoms with E-state index in [0.717, 1.165) is 101 Å². The van der Waals surface area contributed by atoms with Gasteiger partial charge in [0.1, 0.15) is 21.3 Å². The Bertz CT molecular complexity index is 1550. The molecular weight excluding hydrogens is 675 g/mol. The molecule has 4 aliphatic heterocycles. The Kier molecular flexibility index (Phi) is 14.4. The maximum Gasteiger partial charge on any atom is 0.159 e. The van der Waals surface area contributed by atoms with Gasteiger partial charge in [-0.1, -0.05) is 67.9 Å². The average molecular weight is 724 g/mol. The second kappa shape index (κ2) is 18.6. The molecule has 15 heteroatoms. The Hall–Kier alpha value is -2.29. The normalized spacial score (nSPS) is 22.0. The molecule has 264 valence electrons. The molecule has 0 bridgehead atoms. The predicted octanol–water partition coefficient (Wildman–Crippen LogP) is 5.91. The predicted molar refractivity (Wildman–Crippen MR) is 193 cm³/mol. The number of nitrogens with zero attached hydrogens (tertiary/aromatic N) is 7. The molecule has 0 saturated carbocycles. The van der Waals surface area contributed by atoms with Crippen molar-refractivity contribution in [2.75, 3.05) is 70.6 Å². The molecule has 4 fully saturated rings. The van der Waals surface area contributed by atoms with Crippen molar-refractivity contribution in [2.45, 2.75) is 70.9 Å². The zero-order valence-electron chi connectivity index (χ0n) is 26.8. The second-order valence-electron chi connectivity index (χ2n) is 12.2. The first-order valence-electron chi connectivity index (χ1n) is 16.9. The number of morpholine rings is 2. The van der Waals surface area contributed by atoms with E-state index in [1.165, 1.54) is 38.5 Å². The van der Waals surface area contributed by atoms with Gasteiger partial charge in [0.15, 0.2) is 11.3 Å². The SMILES string of the molecule is C.C1COCCN1.Clc1cc(Cl)n2nc(C3CCCCCN3)cc2n1.Clc1cc(N2CCOCC2)n2nc(C3CCCCCN3)cc2n1. The summed E-state index contributed by atoms with van der Waals surface area (Å²) in [7, 11) is 0. The number of ether oxygens (including phenoxy) is 2. The van der Waals surface area contributed by atoms with Crippen LogP contribution in [0.2, 0.25) is 15.5 Å². The number of hydrogen-bond donors (Lipinski definition) is 3. The monoisotopic (exact) mass is 722 g/mol. The van der Waals surface area contributed by atoms with Gasteiger partial charge < -0.3 is 30.3 Å². The van der Waals surface area contributed by atoms with Gasteiger partial charge in [0.05, 0.1) is 49.9 Å². The van der Waals surface area contributed by atoms with Crippen LogP contribution in [0, 0.1) is 0 Å². The highest BCUT2D eigenvalue weighted by Gasteiger charge is 2.22. The molecule has 4 saturated heterocycles. The largest absolute Gasteiger partial charge is 0.379 e. The van der Waals surface area contributed by atoms with E-state index in [4.69, 9.17) is 49.4 Å². The van der Waals surface area contributed by atoms with Crippen molar-refractivity contribution in [3.05, 3.63) is 51.1 Å². The topological polar surface area (TPSA) is 118 Å². The summed E-state index contributed by atoms with van der Waals surface area (Å²) in [5.74, 6) is 1.00. The van der Waals surface area contributed by atoms with Crippen LogP contribution >= 0.6 is 34.8 Å². The summed E-state index contributed by atoms with van der Waals surface area (Å²) in [6.07, 6.45) is 9.76. The molecule has 2 atom stereocenters. The van der Waals surface area contributed by atoms with Crippen LogP contribution in [0.1, 0.15) is 82.3 Å². The molecule has 4 aromatic heterocycles. The molecule has 48 heavy (non-hydrogen) atoms. The first-order chi connectivity index (χ1) is 23.0. The van der Waals surface area contributed by atoms with Gasteiger partial charge in [-0.25, -0.2) is 14.5 Å². The molecule has 0 amide bonds. The van der Waals surface area contributed by atoms with E-state index in [9.17, 15) is 0 Å². The second-order valence-corrected chi connectivity index (χ2v) is 13.4. The van der Waals surface area contributed by atoms with E-state index in [1.54, 1.807) is 10.6 Å². The van der Waals surface area contributed by atoms with Crippen LogP contribution < -0.4 is 20.9 Å². The summed E-state index contributed by atoms with van der Waals surface area (Å²) >= 11 is 18.2. The minimum Gasteiger partial charge on any atom is -0.379 e. The van der Waals surface area contributed by atoms with Crippen LogP contribution in [-0.4, -0.2) is 94.9 Å². The lowest BCUT2D eigenvalue weighted by Crippen LogP contribution is -2.37. The highest BCUT2D eigenvalue weighted by atomic mass is 35.5. The standard InChI is InChI=1S/C16H22ClN5O.C12H14Cl2N4.C4H9NO.CH4/c17-14-11-16(21-6-8-23-9-7-21)22-15(19-14)10-13(20-22)12-4-2-1-3-5-18-12;13-10-7-11(14)18-12(16-10)6-9(17-18)8-4-2-1-3-5-15-8;1-3-6-4-2-5-1;/h10-12,18H,1-9H2;6-8,15H,1-5H2;5H,1-4H2;1H4. The third-order valence-electron chi connectivity index (χ3n) is 8.78. The number of hydrogen-bond acceptors (Lipinski definition) is 10. The highest BCUT2D eigenvalue weighted by Crippen LogP contribution is 2.27. The third-order valence-corrected chi connectivity index (χ3v) is 9.44. The lowest BCUT2D eigenvalue weighted by Gasteiger charge is -2.28. The van der Waals surface area contributed by atoms with Crippen LogP contribution in [0.15, 0.2) is 24.3 Å². The Morgan fingerprint density at radius 2 is 1.17 bits per heavy atom. The van der Waals surface area contributed by atoms with Crippen molar-refractivity contribution in [3.63, 3.8) is 0 Å². The summed E-state index contributed by atoms with van der Waals surface area (Å²) in [5, 5.41) is 21.0. The van der Waals surface area contributed by atoms with Crippen LogP contribution in [0.25, 0.3) is 11.3 Å². The minimum atomic E-state index is 0. The first kappa shape index (κ1) is 37.0. The molecule has 4 aromatic rings. The van der Waals surface area contributed by atoms with Crippen LogP contribution in [-0.2, 0) is 9.47 Å². The molecule has 0 radical (unpaired) electrons. The Morgan fingerprint density at radius 3 is 1.73 bits per heavy atom. The lowest BCUT2D eigenvalue weighted by molar-refractivity contribution is 0.109. The minimum absolute atomic E-state index is 0. The van der Waals surface area contributed by atoms with E-state index in [2.05, 4.69) is 42.0 Å². The number of halogens is 3. The van der Waals surface area contributed by atoms with Gasteiger partial charge in [-0.2, -0.15) is 14.7 Å². The maximum absolute atomic E-state index is 6.24. The smallest absolute Gasteiger partial charge is 0.159 e. The van der Waals surface area contributed by atoms with Gasteiger partial charge in [-0.05, 0) is 38.8 Å². The molecule has 2 unspecified atom stereocenters. The molecule has 12 nitrogen and oxygen atoms in total. The van der Waals surface area contributed by atoms with Crippen molar-refractivity contribution in [3.8, 4) is 0 Å². The zero-order valence-corrected chi connectivity index (χ0v) is 29.0. The Balaban J connectivity index is 0.000000160. The van der Waals surface area contributed by atoms with Gasteiger partial charge >= 0.3 is 0 Å². The van der Waals surface area contributed by atoms with Crippen molar-refractivity contribution in [1.29, 1.82) is 0 Å². The Morgan fingerprint density at radius 1 is 0.625 bits per heavy atom. The first-order valence-corrected chi connectivity index (χ1v) is 18.0. The summed E-state index contributed by atoms with van der Waals surface area (Å²) < 4.78 is 14.0. The average Bonchev–Trinajstić information content (AvgIpc) is 3.47. The van der Waals surface area contributed by atoms with Crippen LogP contribution in [0.4, 0.5) is 5.82 Å². The number of nitrogens with one attached hydrogen (secondary N) is 3. The fourth-order valence-corrected chi connectivity index (χ4v) is 6.97. The number of anilines is 1. The molecule has 0 aliphatic carbocycles. The van der Waals surface area contributed by atoms with Gasteiger partial charge in [-0.3, -0.25) is 0 Å². The third kappa shape index (κ3) is 9.91. The van der Waals surface area contributed by atoms with Gasteiger partial charge in [0.25, 0.3) is 0 Å². The van der Waals surface area contributed by atoms with Gasteiger partial charge in [0.2, 0.25) is 0 Å². The van der Waals surface area contributed by atoms with Gasteiger partial charge in [0, 0.05) is 50.4 Å². The summed E-state index contributed by atoms with van der Waals surface area (Å²) in [4.78, 5) is 10.9. The zero-order chi connectivity index (χ0) is 32.4. The van der Waals surface area contributed by atoms with Crippen LogP contribution in [0.5, 0.6) is 0 Å². The summed E-state index contributed by atoms with van der Waals surface area (Å²) in [6, 6.07) is 8.14. The quantitative estimate of drug-likeness (QED) is 0.221. The molecule has 4 aliphatic rings. The summed E-state index contributed by atoms with van der Waals surface area (Å²) in [6.45, 7) is 9.11. The number of rotatable bonds is 3. The molecule has 3 N–H and O–H groups in total. The van der Waals surface area contributed by atoms with Crippen molar-refractivity contribution < 1.29 is 9.47 Å². The fraction of sp³-hybridized carbons (Fsp3) is 0.636. The number of aromatic nitrogens is 6. The van der Waals surface area contributed by atoms with E-state index in [-0.39, 0.29) is 7.43 Å². The van der Waals surface area contributed by atoms with Gasteiger partial charge in [-0.15, -0.1) is 0 Å².